The van der Waals surface area contributed by atoms with Crippen molar-refractivity contribution in [3.8, 4) is 5.69 Å². The third-order valence-corrected chi connectivity index (χ3v) is 4.50. The highest BCUT2D eigenvalue weighted by Gasteiger charge is 2.15. The molecule has 0 fully saturated rings. The Morgan fingerprint density at radius 2 is 2.05 bits per heavy atom. The van der Waals surface area contributed by atoms with Crippen molar-refractivity contribution < 1.29 is 0 Å². The van der Waals surface area contributed by atoms with Gasteiger partial charge < -0.3 is 0 Å². The molecule has 5 heteroatoms. The fraction of sp³-hybridized carbons (Fsp3) is 0.188. The molecule has 0 aliphatic heterocycles. The number of imidazole rings is 1. The van der Waals surface area contributed by atoms with Gasteiger partial charge >= 0.3 is 0 Å². The summed E-state index contributed by atoms with van der Waals surface area (Å²) in [6.45, 7) is 2.07. The molecule has 108 valence electrons. The van der Waals surface area contributed by atoms with Crippen LogP contribution in [0.15, 0.2) is 40.9 Å². The molecule has 0 radical (unpaired) electrons. The van der Waals surface area contributed by atoms with Crippen LogP contribution in [0.1, 0.15) is 11.4 Å². The van der Waals surface area contributed by atoms with Gasteiger partial charge in [-0.15, -0.1) is 11.6 Å². The summed E-state index contributed by atoms with van der Waals surface area (Å²) in [4.78, 5) is 4.67. The van der Waals surface area contributed by atoms with Crippen LogP contribution in [0.25, 0.3) is 16.7 Å². The number of aromatic nitrogens is 2. The Morgan fingerprint density at radius 3 is 2.76 bits per heavy atom. The van der Waals surface area contributed by atoms with E-state index in [4.69, 9.17) is 23.2 Å². The van der Waals surface area contributed by atoms with Crippen LogP contribution in [-0.4, -0.2) is 15.4 Å². The first-order chi connectivity index (χ1) is 10.1. The Kier molecular flexibility index (Phi) is 4.25. The maximum absolute atomic E-state index is 6.27. The van der Waals surface area contributed by atoms with E-state index in [1.807, 2.05) is 18.2 Å². The van der Waals surface area contributed by atoms with Crippen molar-refractivity contribution in [3.05, 3.63) is 57.3 Å². The van der Waals surface area contributed by atoms with E-state index in [0.717, 1.165) is 27.0 Å². The first-order valence-electron chi connectivity index (χ1n) is 6.60. The summed E-state index contributed by atoms with van der Waals surface area (Å²) in [5.41, 5.74) is 4.05. The van der Waals surface area contributed by atoms with Crippen LogP contribution in [0.3, 0.4) is 0 Å². The first-order valence-corrected chi connectivity index (χ1v) is 8.30. The van der Waals surface area contributed by atoms with Crippen molar-refractivity contribution in [3.63, 3.8) is 0 Å². The smallest absolute Gasteiger partial charge is 0.115 e. The van der Waals surface area contributed by atoms with Gasteiger partial charge in [0.2, 0.25) is 0 Å². The fourth-order valence-electron chi connectivity index (χ4n) is 2.43. The number of hydrogen-bond donors (Lipinski definition) is 0. The van der Waals surface area contributed by atoms with Gasteiger partial charge in [-0.25, -0.2) is 4.98 Å². The lowest BCUT2D eigenvalue weighted by Gasteiger charge is -2.11. The summed E-state index contributed by atoms with van der Waals surface area (Å²) in [7, 11) is 0. The van der Waals surface area contributed by atoms with Crippen LogP contribution in [0.5, 0.6) is 0 Å². The zero-order chi connectivity index (χ0) is 15.0. The van der Waals surface area contributed by atoms with Crippen LogP contribution >= 0.6 is 39.1 Å². The van der Waals surface area contributed by atoms with Gasteiger partial charge in [0, 0.05) is 16.8 Å². The molecule has 3 rings (SSSR count). The highest BCUT2D eigenvalue weighted by atomic mass is 79.9. The number of aryl methyl sites for hydroxylation is 2. The third kappa shape index (κ3) is 2.70. The van der Waals surface area contributed by atoms with E-state index in [1.54, 1.807) is 0 Å². The Bertz CT molecular complexity index is 811. The molecular weight excluding hydrogens is 371 g/mol. The number of alkyl halides is 1. The summed E-state index contributed by atoms with van der Waals surface area (Å²) < 4.78 is 3.14. The minimum Gasteiger partial charge on any atom is -0.295 e. The Balaban J connectivity index is 2.33. The summed E-state index contributed by atoms with van der Waals surface area (Å²) in [5.74, 6) is 1.43. The molecule has 21 heavy (non-hydrogen) atoms. The van der Waals surface area contributed by atoms with E-state index in [-0.39, 0.29) is 0 Å². The molecule has 0 N–H and O–H groups in total. The summed E-state index contributed by atoms with van der Waals surface area (Å²) in [5, 5.41) is 0.658. The Morgan fingerprint density at radius 1 is 1.24 bits per heavy atom. The predicted molar refractivity (Wildman–Crippen MR) is 92.9 cm³/mol. The van der Waals surface area contributed by atoms with Crippen LogP contribution in [0.4, 0.5) is 0 Å². The van der Waals surface area contributed by atoms with E-state index >= 15 is 0 Å². The molecule has 1 heterocycles. The van der Waals surface area contributed by atoms with Crippen molar-refractivity contribution in [1.82, 2.24) is 9.55 Å². The van der Waals surface area contributed by atoms with E-state index in [1.165, 1.54) is 5.56 Å². The number of nitrogens with zero attached hydrogens (tertiary/aromatic N) is 2. The van der Waals surface area contributed by atoms with Crippen LogP contribution < -0.4 is 0 Å². The average Bonchev–Trinajstić information content (AvgIpc) is 2.79. The van der Waals surface area contributed by atoms with Gasteiger partial charge in [0.05, 0.1) is 16.2 Å². The average molecular weight is 384 g/mol. The molecule has 0 saturated heterocycles. The van der Waals surface area contributed by atoms with E-state index in [0.29, 0.717) is 17.3 Å². The SMILES string of the molecule is Cc1ccc(-n2c(CCCl)nc3c(Cl)cccc32)c(Br)c1. The maximum Gasteiger partial charge on any atom is 0.115 e. The molecule has 0 amide bonds. The number of rotatable bonds is 3. The van der Waals surface area contributed by atoms with Gasteiger partial charge in [-0.1, -0.05) is 23.7 Å². The van der Waals surface area contributed by atoms with Gasteiger partial charge in [-0.3, -0.25) is 4.57 Å². The summed E-state index contributed by atoms with van der Waals surface area (Å²) in [6.07, 6.45) is 0.687. The second-order valence-corrected chi connectivity index (χ2v) is 6.50. The zero-order valence-electron chi connectivity index (χ0n) is 11.4. The fourth-order valence-corrected chi connectivity index (χ4v) is 3.48. The number of benzene rings is 2. The highest BCUT2D eigenvalue weighted by molar-refractivity contribution is 9.10. The van der Waals surface area contributed by atoms with Gasteiger partial charge in [0.25, 0.3) is 0 Å². The minimum atomic E-state index is 0.518. The quantitative estimate of drug-likeness (QED) is 0.543. The van der Waals surface area contributed by atoms with Crippen molar-refractivity contribution >= 4 is 50.2 Å². The molecule has 0 aliphatic rings. The molecule has 0 unspecified atom stereocenters. The lowest BCUT2D eigenvalue weighted by molar-refractivity contribution is 0.909. The monoisotopic (exact) mass is 382 g/mol. The summed E-state index contributed by atoms with van der Waals surface area (Å²) in [6, 6.07) is 12.1. The molecule has 2 nitrogen and oxygen atoms in total. The lowest BCUT2D eigenvalue weighted by atomic mass is 10.2. The van der Waals surface area contributed by atoms with Gasteiger partial charge in [0.1, 0.15) is 11.3 Å². The second kappa shape index (κ2) is 5.99. The van der Waals surface area contributed by atoms with Gasteiger partial charge in [-0.05, 0) is 52.7 Å². The van der Waals surface area contributed by atoms with Gasteiger partial charge in [0.15, 0.2) is 0 Å². The Hall–Kier alpha value is -1.03. The lowest BCUT2D eigenvalue weighted by Crippen LogP contribution is -2.03. The molecule has 2 aromatic carbocycles. The number of para-hydroxylation sites is 1. The molecule has 1 aromatic heterocycles. The number of halogens is 3. The van der Waals surface area contributed by atoms with Crippen LogP contribution in [0.2, 0.25) is 5.02 Å². The van der Waals surface area contributed by atoms with E-state index < -0.39 is 0 Å². The van der Waals surface area contributed by atoms with Crippen molar-refractivity contribution in [2.24, 2.45) is 0 Å². The summed E-state index contributed by atoms with van der Waals surface area (Å²) >= 11 is 15.8. The third-order valence-electron chi connectivity index (χ3n) is 3.37. The standard InChI is InChI=1S/C16H13BrCl2N2/c1-10-5-6-13(11(17)9-10)21-14-4-2-3-12(19)16(14)20-15(21)7-8-18/h2-6,9H,7-8H2,1H3. The zero-order valence-corrected chi connectivity index (χ0v) is 14.5. The molecule has 0 saturated carbocycles. The van der Waals surface area contributed by atoms with Crippen molar-refractivity contribution in [2.75, 3.05) is 5.88 Å². The topological polar surface area (TPSA) is 17.8 Å². The van der Waals surface area contributed by atoms with Crippen LogP contribution in [0, 0.1) is 6.92 Å². The molecular formula is C16H13BrCl2N2. The number of hydrogen-bond acceptors (Lipinski definition) is 1. The van der Waals surface area contributed by atoms with E-state index in [2.05, 4.69) is 50.6 Å². The normalized spacial score (nSPS) is 11.2. The molecule has 0 spiro atoms. The van der Waals surface area contributed by atoms with E-state index in [9.17, 15) is 0 Å². The Labute approximate surface area is 141 Å². The number of fused-ring (bicyclic) bond motifs is 1. The maximum atomic E-state index is 6.27. The molecule has 3 aromatic rings. The van der Waals surface area contributed by atoms with Crippen molar-refractivity contribution in [2.45, 2.75) is 13.3 Å². The molecule has 0 bridgehead atoms. The molecule has 0 aliphatic carbocycles. The minimum absolute atomic E-state index is 0.518. The molecule has 0 atom stereocenters. The second-order valence-electron chi connectivity index (χ2n) is 4.86. The first kappa shape index (κ1) is 14.9. The predicted octanol–water partition coefficient (Wildman–Crippen LogP) is 5.53. The van der Waals surface area contributed by atoms with Gasteiger partial charge in [-0.2, -0.15) is 0 Å². The largest absolute Gasteiger partial charge is 0.295 e. The highest BCUT2D eigenvalue weighted by Crippen LogP contribution is 2.31. The van der Waals surface area contributed by atoms with Crippen molar-refractivity contribution in [1.29, 1.82) is 0 Å². The van der Waals surface area contributed by atoms with Crippen LogP contribution in [-0.2, 0) is 6.42 Å².